The summed E-state index contributed by atoms with van der Waals surface area (Å²) in [5, 5.41) is 11.2. The fraction of sp³-hybridized carbons (Fsp3) is 0.778. The van der Waals surface area contributed by atoms with Gasteiger partial charge in [-0.05, 0) is 20.4 Å². The van der Waals surface area contributed by atoms with Gasteiger partial charge in [0.05, 0.1) is 17.9 Å². The van der Waals surface area contributed by atoms with Crippen molar-refractivity contribution in [2.45, 2.75) is 39.3 Å². The lowest BCUT2D eigenvalue weighted by molar-refractivity contribution is 0.443. The van der Waals surface area contributed by atoms with Gasteiger partial charge in [0, 0.05) is 6.54 Å². The van der Waals surface area contributed by atoms with E-state index in [0.29, 0.717) is 6.04 Å². The first kappa shape index (κ1) is 10.2. The van der Waals surface area contributed by atoms with E-state index in [-0.39, 0.29) is 0 Å². The molecule has 0 bridgehead atoms. The molecule has 1 aromatic heterocycles. The van der Waals surface area contributed by atoms with Crippen LogP contribution in [0.2, 0.25) is 0 Å². The Kier molecular flexibility index (Phi) is 3.89. The van der Waals surface area contributed by atoms with Gasteiger partial charge in [0.25, 0.3) is 0 Å². The van der Waals surface area contributed by atoms with Crippen LogP contribution in [0.4, 0.5) is 0 Å². The van der Waals surface area contributed by atoms with Crippen LogP contribution < -0.4 is 5.32 Å². The molecule has 74 valence electrons. The van der Waals surface area contributed by atoms with Crippen molar-refractivity contribution in [3.63, 3.8) is 0 Å². The standard InChI is InChI=1S/C9H18N4/c1-4-5-8(2)13-7-9(6-10-3)11-12-13/h7-8,10H,4-6H2,1-3H3. The van der Waals surface area contributed by atoms with Crippen molar-refractivity contribution in [1.82, 2.24) is 20.3 Å². The van der Waals surface area contributed by atoms with Crippen LogP contribution in [0.3, 0.4) is 0 Å². The van der Waals surface area contributed by atoms with E-state index < -0.39 is 0 Å². The van der Waals surface area contributed by atoms with E-state index in [0.717, 1.165) is 18.7 Å². The van der Waals surface area contributed by atoms with Crippen molar-refractivity contribution in [2.24, 2.45) is 0 Å². The van der Waals surface area contributed by atoms with Crippen LogP contribution in [0.1, 0.15) is 38.4 Å². The highest BCUT2D eigenvalue weighted by Gasteiger charge is 2.05. The zero-order valence-corrected chi connectivity index (χ0v) is 8.62. The van der Waals surface area contributed by atoms with Gasteiger partial charge < -0.3 is 5.32 Å². The zero-order chi connectivity index (χ0) is 9.68. The van der Waals surface area contributed by atoms with Gasteiger partial charge >= 0.3 is 0 Å². The normalized spacial score (nSPS) is 13.2. The third kappa shape index (κ3) is 2.81. The van der Waals surface area contributed by atoms with Gasteiger partial charge in [-0.3, -0.25) is 0 Å². The Balaban J connectivity index is 2.56. The lowest BCUT2D eigenvalue weighted by Gasteiger charge is -2.08. The number of rotatable bonds is 5. The average Bonchev–Trinajstić information content (AvgIpc) is 2.54. The first-order valence-corrected chi connectivity index (χ1v) is 4.83. The number of nitrogens with one attached hydrogen (secondary N) is 1. The van der Waals surface area contributed by atoms with Crippen LogP contribution in [0.5, 0.6) is 0 Å². The number of hydrogen-bond acceptors (Lipinski definition) is 3. The van der Waals surface area contributed by atoms with Gasteiger partial charge in [-0.25, -0.2) is 4.68 Å². The van der Waals surface area contributed by atoms with Crippen LogP contribution in [0.25, 0.3) is 0 Å². The van der Waals surface area contributed by atoms with E-state index in [9.17, 15) is 0 Å². The van der Waals surface area contributed by atoms with Gasteiger partial charge in [-0.15, -0.1) is 5.10 Å². The SMILES string of the molecule is CCCC(C)n1cc(CNC)nn1. The molecule has 4 heteroatoms. The molecule has 13 heavy (non-hydrogen) atoms. The second-order valence-corrected chi connectivity index (χ2v) is 3.36. The van der Waals surface area contributed by atoms with Gasteiger partial charge in [0.15, 0.2) is 0 Å². The van der Waals surface area contributed by atoms with Gasteiger partial charge in [0.2, 0.25) is 0 Å². The molecule has 0 aliphatic rings. The third-order valence-corrected chi connectivity index (χ3v) is 2.07. The van der Waals surface area contributed by atoms with Crippen LogP contribution >= 0.6 is 0 Å². The summed E-state index contributed by atoms with van der Waals surface area (Å²) in [5.41, 5.74) is 1.01. The van der Waals surface area contributed by atoms with Crippen LogP contribution in [0.15, 0.2) is 6.20 Å². The lowest BCUT2D eigenvalue weighted by Crippen LogP contribution is -2.06. The molecule has 0 aromatic carbocycles. The smallest absolute Gasteiger partial charge is 0.0964 e. The molecular weight excluding hydrogens is 164 g/mol. The summed E-state index contributed by atoms with van der Waals surface area (Å²) in [6.45, 7) is 5.14. The Morgan fingerprint density at radius 3 is 3.00 bits per heavy atom. The summed E-state index contributed by atoms with van der Waals surface area (Å²) in [7, 11) is 1.91. The fourth-order valence-electron chi connectivity index (χ4n) is 1.34. The van der Waals surface area contributed by atoms with E-state index in [1.165, 1.54) is 6.42 Å². The summed E-state index contributed by atoms with van der Waals surface area (Å²) < 4.78 is 1.94. The first-order valence-electron chi connectivity index (χ1n) is 4.83. The molecule has 4 nitrogen and oxygen atoms in total. The predicted octanol–water partition coefficient (Wildman–Crippen LogP) is 1.36. The Morgan fingerprint density at radius 1 is 1.62 bits per heavy atom. The Bertz CT molecular complexity index is 244. The van der Waals surface area contributed by atoms with Crippen molar-refractivity contribution >= 4 is 0 Å². The van der Waals surface area contributed by atoms with Crippen molar-refractivity contribution in [3.8, 4) is 0 Å². The maximum atomic E-state index is 4.08. The summed E-state index contributed by atoms with van der Waals surface area (Å²) in [6, 6.07) is 0.461. The van der Waals surface area contributed by atoms with Crippen LogP contribution in [-0.4, -0.2) is 22.0 Å². The molecule has 1 rings (SSSR count). The molecule has 1 heterocycles. The van der Waals surface area contributed by atoms with Crippen LogP contribution in [0, 0.1) is 0 Å². The second-order valence-electron chi connectivity index (χ2n) is 3.36. The molecule has 0 fully saturated rings. The molecule has 1 aromatic rings. The van der Waals surface area contributed by atoms with E-state index in [4.69, 9.17) is 0 Å². The molecule has 0 amide bonds. The molecule has 0 radical (unpaired) electrons. The van der Waals surface area contributed by atoms with Gasteiger partial charge in [0.1, 0.15) is 0 Å². The minimum absolute atomic E-state index is 0.461. The number of hydrogen-bond donors (Lipinski definition) is 1. The highest BCUT2D eigenvalue weighted by Crippen LogP contribution is 2.10. The van der Waals surface area contributed by atoms with Gasteiger partial charge in [-0.2, -0.15) is 0 Å². The molecule has 1 N–H and O–H groups in total. The predicted molar refractivity (Wildman–Crippen MR) is 52.4 cm³/mol. The Hall–Kier alpha value is -0.900. The molecule has 0 aliphatic carbocycles. The maximum absolute atomic E-state index is 4.08. The summed E-state index contributed by atoms with van der Waals surface area (Å²) >= 11 is 0. The third-order valence-electron chi connectivity index (χ3n) is 2.07. The fourth-order valence-corrected chi connectivity index (χ4v) is 1.34. The van der Waals surface area contributed by atoms with E-state index in [1.807, 2.05) is 17.9 Å². The van der Waals surface area contributed by atoms with Crippen molar-refractivity contribution in [2.75, 3.05) is 7.05 Å². The topological polar surface area (TPSA) is 42.7 Å². The molecule has 1 unspecified atom stereocenters. The lowest BCUT2D eigenvalue weighted by atomic mass is 10.2. The maximum Gasteiger partial charge on any atom is 0.0964 e. The van der Waals surface area contributed by atoms with Crippen LogP contribution in [-0.2, 0) is 6.54 Å². The highest BCUT2D eigenvalue weighted by molar-refractivity contribution is 4.92. The molecular formula is C9H18N4. The van der Waals surface area contributed by atoms with Crippen molar-refractivity contribution in [1.29, 1.82) is 0 Å². The van der Waals surface area contributed by atoms with Crippen molar-refractivity contribution in [3.05, 3.63) is 11.9 Å². The first-order chi connectivity index (χ1) is 6.27. The van der Waals surface area contributed by atoms with E-state index >= 15 is 0 Å². The van der Waals surface area contributed by atoms with Crippen molar-refractivity contribution < 1.29 is 0 Å². The summed E-state index contributed by atoms with van der Waals surface area (Å²) in [6.07, 6.45) is 4.35. The molecule has 0 aliphatic heterocycles. The van der Waals surface area contributed by atoms with E-state index in [1.54, 1.807) is 0 Å². The van der Waals surface area contributed by atoms with Gasteiger partial charge in [-0.1, -0.05) is 18.6 Å². The Labute approximate surface area is 79.3 Å². The largest absolute Gasteiger partial charge is 0.314 e. The molecule has 0 saturated carbocycles. The minimum Gasteiger partial charge on any atom is -0.314 e. The zero-order valence-electron chi connectivity index (χ0n) is 8.62. The highest BCUT2D eigenvalue weighted by atomic mass is 15.4. The average molecular weight is 182 g/mol. The number of aromatic nitrogens is 3. The molecule has 1 atom stereocenters. The second kappa shape index (κ2) is 4.97. The number of nitrogens with zero attached hydrogens (tertiary/aromatic N) is 3. The molecule has 0 saturated heterocycles. The monoisotopic (exact) mass is 182 g/mol. The minimum atomic E-state index is 0.461. The quantitative estimate of drug-likeness (QED) is 0.747. The molecule has 0 spiro atoms. The summed E-state index contributed by atoms with van der Waals surface area (Å²) in [4.78, 5) is 0. The van der Waals surface area contributed by atoms with E-state index in [2.05, 4.69) is 29.5 Å². The summed E-state index contributed by atoms with van der Waals surface area (Å²) in [5.74, 6) is 0. The Morgan fingerprint density at radius 2 is 2.38 bits per heavy atom.